The number of carbonyl (C=O) groups is 3. The topological polar surface area (TPSA) is 70.2 Å². The first kappa shape index (κ1) is 20.8. The molecule has 0 bridgehead atoms. The Morgan fingerprint density at radius 2 is 1.57 bits per heavy atom. The smallest absolute Gasteiger partial charge is 0.256 e. The summed E-state index contributed by atoms with van der Waals surface area (Å²) in [5.74, 6) is 0.422. The molecule has 2 aliphatic heterocycles. The molecule has 1 atom stereocenters. The Balaban J connectivity index is 1.58. The fraction of sp³-hybridized carbons (Fsp3) is 0.609. The quantitative estimate of drug-likeness (QED) is 0.745. The number of hydrogen-bond donors (Lipinski definition) is 0. The molecule has 30 heavy (non-hydrogen) atoms. The predicted molar refractivity (Wildman–Crippen MR) is 112 cm³/mol. The summed E-state index contributed by atoms with van der Waals surface area (Å²) in [6.07, 6.45) is 3.48. The average molecular weight is 414 g/mol. The van der Waals surface area contributed by atoms with Gasteiger partial charge in [0.1, 0.15) is 11.8 Å². The largest absolute Gasteiger partial charge is 0.353 e. The van der Waals surface area contributed by atoms with Crippen molar-refractivity contribution >= 4 is 17.7 Å². The Kier molecular flexibility index (Phi) is 5.82. The van der Waals surface area contributed by atoms with Gasteiger partial charge in [0.05, 0.1) is 6.61 Å². The summed E-state index contributed by atoms with van der Waals surface area (Å²) >= 11 is 0. The first-order chi connectivity index (χ1) is 14.4. The van der Waals surface area contributed by atoms with Gasteiger partial charge in [0.25, 0.3) is 5.91 Å². The molecular weight excluding hydrogens is 382 g/mol. The zero-order valence-electron chi connectivity index (χ0n) is 17.9. The molecule has 4 rings (SSSR count). The van der Waals surface area contributed by atoms with Gasteiger partial charge >= 0.3 is 0 Å². The summed E-state index contributed by atoms with van der Waals surface area (Å²) in [7, 11) is 0. The van der Waals surface area contributed by atoms with Gasteiger partial charge in [0.2, 0.25) is 11.8 Å². The molecule has 3 aliphatic rings. The van der Waals surface area contributed by atoms with Crippen molar-refractivity contribution in [3.05, 3.63) is 35.9 Å². The fourth-order valence-corrected chi connectivity index (χ4v) is 4.94. The molecule has 2 saturated heterocycles. The highest BCUT2D eigenvalue weighted by Gasteiger charge is 2.54. The highest BCUT2D eigenvalue weighted by atomic mass is 16.5. The van der Waals surface area contributed by atoms with Crippen molar-refractivity contribution in [2.24, 2.45) is 5.92 Å². The number of rotatable bonds is 2. The van der Waals surface area contributed by atoms with Crippen molar-refractivity contribution in [1.29, 1.82) is 0 Å². The van der Waals surface area contributed by atoms with E-state index in [4.69, 9.17) is 4.74 Å². The van der Waals surface area contributed by atoms with Gasteiger partial charge in [-0.3, -0.25) is 19.3 Å². The number of carbonyl (C=O) groups excluding carboxylic acids is 3. The van der Waals surface area contributed by atoms with E-state index in [2.05, 4.69) is 6.92 Å². The number of ether oxygens (including phenoxy) is 1. The van der Waals surface area contributed by atoms with Gasteiger partial charge in [-0.05, 0) is 43.7 Å². The Bertz CT molecular complexity index is 796. The lowest BCUT2D eigenvalue weighted by molar-refractivity contribution is -0.142. The van der Waals surface area contributed by atoms with Crippen LogP contribution in [0.25, 0.3) is 0 Å². The van der Waals surface area contributed by atoms with Crippen LogP contribution in [-0.4, -0.2) is 77.0 Å². The molecule has 7 nitrogen and oxygen atoms in total. The van der Waals surface area contributed by atoms with Gasteiger partial charge in [-0.1, -0.05) is 25.1 Å². The van der Waals surface area contributed by atoms with Gasteiger partial charge in [-0.25, -0.2) is 0 Å². The van der Waals surface area contributed by atoms with E-state index >= 15 is 0 Å². The van der Waals surface area contributed by atoms with Crippen molar-refractivity contribution in [2.45, 2.75) is 51.3 Å². The number of benzene rings is 1. The standard InChI is InChI=1S/C23H31N3O4/c1-17-8-10-23(11-9-17)26(21(28)19-6-4-3-5-7-19)20(16-30-23)22(29)25-14-12-24(13-15-25)18(2)27/h3-7,17,20H,8-16H2,1-2H3. The maximum atomic E-state index is 13.6. The van der Waals surface area contributed by atoms with Crippen LogP contribution in [0.4, 0.5) is 0 Å². The Hall–Kier alpha value is -2.41. The fourth-order valence-electron chi connectivity index (χ4n) is 4.94. The first-order valence-electron chi connectivity index (χ1n) is 11.0. The van der Waals surface area contributed by atoms with Crippen LogP contribution in [0.2, 0.25) is 0 Å². The molecule has 3 amide bonds. The Labute approximate surface area is 177 Å². The molecule has 0 N–H and O–H groups in total. The lowest BCUT2D eigenvalue weighted by Gasteiger charge is -2.44. The molecule has 1 aliphatic carbocycles. The maximum Gasteiger partial charge on any atom is 0.256 e. The average Bonchev–Trinajstić information content (AvgIpc) is 3.14. The zero-order chi connectivity index (χ0) is 21.3. The third kappa shape index (κ3) is 3.83. The number of nitrogens with zero attached hydrogens (tertiary/aromatic N) is 3. The monoisotopic (exact) mass is 413 g/mol. The third-order valence-corrected chi connectivity index (χ3v) is 6.88. The van der Waals surface area contributed by atoms with Crippen LogP contribution in [0.5, 0.6) is 0 Å². The highest BCUT2D eigenvalue weighted by molar-refractivity contribution is 5.98. The Morgan fingerprint density at radius 3 is 2.17 bits per heavy atom. The van der Waals surface area contributed by atoms with Crippen molar-refractivity contribution in [3.8, 4) is 0 Å². The van der Waals surface area contributed by atoms with Crippen LogP contribution in [0, 0.1) is 5.92 Å². The van der Waals surface area contributed by atoms with E-state index in [-0.39, 0.29) is 24.3 Å². The molecule has 0 radical (unpaired) electrons. The van der Waals surface area contributed by atoms with Crippen LogP contribution < -0.4 is 0 Å². The van der Waals surface area contributed by atoms with E-state index in [9.17, 15) is 14.4 Å². The molecule has 1 aromatic carbocycles. The minimum absolute atomic E-state index is 0.0301. The summed E-state index contributed by atoms with van der Waals surface area (Å²) in [5.41, 5.74) is -0.110. The molecule has 0 aromatic heterocycles. The summed E-state index contributed by atoms with van der Waals surface area (Å²) in [4.78, 5) is 43.9. The van der Waals surface area contributed by atoms with E-state index < -0.39 is 11.8 Å². The second-order valence-electron chi connectivity index (χ2n) is 8.83. The second kappa shape index (κ2) is 8.38. The second-order valence-corrected chi connectivity index (χ2v) is 8.83. The van der Waals surface area contributed by atoms with Crippen molar-refractivity contribution in [3.63, 3.8) is 0 Å². The molecule has 1 saturated carbocycles. The number of piperazine rings is 1. The van der Waals surface area contributed by atoms with Crippen molar-refractivity contribution in [1.82, 2.24) is 14.7 Å². The zero-order valence-corrected chi connectivity index (χ0v) is 17.9. The molecule has 1 aromatic rings. The minimum atomic E-state index is -0.693. The molecule has 3 fully saturated rings. The summed E-state index contributed by atoms with van der Waals surface area (Å²) in [5, 5.41) is 0. The lowest BCUT2D eigenvalue weighted by Crippen LogP contribution is -2.59. The summed E-state index contributed by atoms with van der Waals surface area (Å²) < 4.78 is 6.26. The van der Waals surface area contributed by atoms with Gasteiger partial charge in [-0.15, -0.1) is 0 Å². The van der Waals surface area contributed by atoms with Crippen LogP contribution in [0.1, 0.15) is 49.9 Å². The van der Waals surface area contributed by atoms with E-state index in [1.807, 2.05) is 18.2 Å². The van der Waals surface area contributed by atoms with Crippen LogP contribution in [0.15, 0.2) is 30.3 Å². The van der Waals surface area contributed by atoms with E-state index in [0.29, 0.717) is 37.7 Å². The Morgan fingerprint density at radius 1 is 0.967 bits per heavy atom. The van der Waals surface area contributed by atoms with E-state index in [1.165, 1.54) is 0 Å². The summed E-state index contributed by atoms with van der Waals surface area (Å²) in [6, 6.07) is 8.55. The van der Waals surface area contributed by atoms with Crippen molar-refractivity contribution in [2.75, 3.05) is 32.8 Å². The summed E-state index contributed by atoms with van der Waals surface area (Å²) in [6.45, 7) is 6.06. The molecule has 7 heteroatoms. The normalized spacial score (nSPS) is 29.3. The number of amides is 3. The van der Waals surface area contributed by atoms with Crippen LogP contribution in [0.3, 0.4) is 0 Å². The molecule has 2 heterocycles. The van der Waals surface area contributed by atoms with Crippen LogP contribution in [-0.2, 0) is 14.3 Å². The van der Waals surface area contributed by atoms with Crippen LogP contribution >= 0.6 is 0 Å². The van der Waals surface area contributed by atoms with Gasteiger partial charge in [-0.2, -0.15) is 0 Å². The highest BCUT2D eigenvalue weighted by Crippen LogP contribution is 2.43. The molecule has 1 unspecified atom stereocenters. The first-order valence-corrected chi connectivity index (χ1v) is 11.0. The van der Waals surface area contributed by atoms with Crippen molar-refractivity contribution < 1.29 is 19.1 Å². The lowest BCUT2D eigenvalue weighted by atomic mass is 9.83. The van der Waals surface area contributed by atoms with E-state index in [0.717, 1.165) is 25.7 Å². The maximum absolute atomic E-state index is 13.6. The predicted octanol–water partition coefficient (Wildman–Crippen LogP) is 2.12. The SMILES string of the molecule is CC(=O)N1CCN(C(=O)C2COC3(CCC(C)CC3)N2C(=O)c2ccccc2)CC1. The molecule has 1 spiro atoms. The molecular formula is C23H31N3O4. The van der Waals surface area contributed by atoms with Gasteiger partial charge in [0, 0.05) is 38.7 Å². The molecule has 162 valence electrons. The minimum Gasteiger partial charge on any atom is -0.353 e. The number of hydrogen-bond acceptors (Lipinski definition) is 4. The van der Waals surface area contributed by atoms with E-state index in [1.54, 1.807) is 33.8 Å². The van der Waals surface area contributed by atoms with Gasteiger partial charge in [0.15, 0.2) is 0 Å². The third-order valence-electron chi connectivity index (χ3n) is 6.88. The van der Waals surface area contributed by atoms with Gasteiger partial charge < -0.3 is 14.5 Å².